The van der Waals surface area contributed by atoms with E-state index in [4.69, 9.17) is 5.11 Å². The summed E-state index contributed by atoms with van der Waals surface area (Å²) in [5.74, 6) is 0.538. The van der Waals surface area contributed by atoms with Crippen molar-refractivity contribution in [1.82, 2.24) is 30.4 Å². The molecule has 4 aromatic rings. The fraction of sp³-hybridized carbons (Fsp3) is 0.484. The average Bonchev–Trinajstić information content (AvgIpc) is 3.73. The molecule has 0 aromatic carbocycles. The van der Waals surface area contributed by atoms with Gasteiger partial charge in [0, 0.05) is 80.9 Å². The van der Waals surface area contributed by atoms with Crippen LogP contribution < -0.4 is 20.4 Å². The maximum atomic E-state index is 12.6. The van der Waals surface area contributed by atoms with Gasteiger partial charge in [0.25, 0.3) is 0 Å². The molecule has 1 unspecified atom stereocenters. The largest absolute Gasteiger partial charge is 0.389 e. The topological polar surface area (TPSA) is 182 Å². The number of aliphatic hydroxyl groups is 2. The van der Waals surface area contributed by atoms with Gasteiger partial charge in [-0.15, -0.1) is 20.4 Å². The number of rotatable bonds is 10. The average molecular weight is 679 g/mol. The second-order valence-corrected chi connectivity index (χ2v) is 13.9. The van der Waals surface area contributed by atoms with Crippen molar-refractivity contribution in [3.8, 4) is 0 Å². The highest BCUT2D eigenvalue weighted by Crippen LogP contribution is 2.43. The van der Waals surface area contributed by atoms with Gasteiger partial charge in [0.1, 0.15) is 16.3 Å². The summed E-state index contributed by atoms with van der Waals surface area (Å²) in [6.45, 7) is 2.57. The highest BCUT2D eigenvalue weighted by Gasteiger charge is 2.30. The van der Waals surface area contributed by atoms with E-state index in [2.05, 4.69) is 50.8 Å². The molecule has 4 aromatic heterocycles. The first kappa shape index (κ1) is 32.8. The minimum atomic E-state index is -0.278. The second-order valence-electron chi connectivity index (χ2n) is 11.9. The van der Waals surface area contributed by atoms with E-state index < -0.39 is 0 Å². The van der Waals surface area contributed by atoms with Crippen LogP contribution in [-0.4, -0.2) is 98.2 Å². The van der Waals surface area contributed by atoms with Crippen LogP contribution in [0.4, 0.5) is 21.6 Å². The van der Waals surface area contributed by atoms with E-state index in [9.17, 15) is 14.7 Å². The van der Waals surface area contributed by atoms with E-state index in [1.165, 1.54) is 11.3 Å². The number of pyridine rings is 2. The van der Waals surface area contributed by atoms with E-state index >= 15 is 0 Å². The third-order valence-electron chi connectivity index (χ3n) is 8.40. The Morgan fingerprint density at radius 2 is 1.43 bits per heavy atom. The van der Waals surface area contributed by atoms with Crippen LogP contribution in [-0.2, 0) is 22.4 Å². The van der Waals surface area contributed by atoms with Gasteiger partial charge in [-0.2, -0.15) is 0 Å². The maximum Gasteiger partial charge on any atom is 0.232 e. The molecule has 1 amide bonds. The summed E-state index contributed by atoms with van der Waals surface area (Å²) < 4.78 is 0. The molecule has 2 saturated heterocycles. The summed E-state index contributed by atoms with van der Waals surface area (Å²) in [6.07, 6.45) is 8.53. The number of nitrogens with zero attached hydrogens (tertiary/aromatic N) is 8. The van der Waals surface area contributed by atoms with Crippen LogP contribution in [0, 0.1) is 0 Å². The molecule has 0 radical (unpaired) electrons. The Hall–Kier alpha value is -4.12. The van der Waals surface area contributed by atoms with Crippen molar-refractivity contribution in [1.29, 1.82) is 0 Å². The van der Waals surface area contributed by atoms with Crippen LogP contribution in [0.1, 0.15) is 58.9 Å². The standard InChI is InChI=1S/C21H26N8O2S2.C10H12N2O2/c1-22-20-27-25-18(32-20)12-3-2-4-13(7-12)19-26-28-21(33-19)24-17(31)9-14-8-15(5-6-23-14)29-10-16(30)11-29;13-4-2-8-5-9(1-3-11-8)12-6-10(14)7-12/h5-6,8,12-13,16,30H,2-4,7,9-11H2,1H3,(H,22,27)(H,24,28,31);1,3-5,10,14H,2,6-7H2/t12?,13-;/m0./s1. The molecule has 7 rings (SSSR count). The number of β-amino-alcohol motifs (C(OH)–C–C–N with tert-alkyl or cyclic N) is 2. The minimum Gasteiger partial charge on any atom is -0.389 e. The highest BCUT2D eigenvalue weighted by atomic mass is 32.1. The molecule has 6 heterocycles. The molecular formula is C31H38N10O4S2. The number of nitrogens with one attached hydrogen (secondary N) is 2. The smallest absolute Gasteiger partial charge is 0.232 e. The van der Waals surface area contributed by atoms with Gasteiger partial charge in [-0.05, 0) is 43.5 Å². The SMILES string of the molecule is CNc1nnc(C2CCC[C@H](c3nnc(NC(=O)Cc4cc(N5CC(O)C5)ccn4)s3)C2)s1.O=CCc1cc(N2CC(O)C2)ccn1. The first-order valence-electron chi connectivity index (χ1n) is 15.7. The van der Waals surface area contributed by atoms with Crippen LogP contribution in [0.2, 0.25) is 0 Å². The molecule has 47 heavy (non-hydrogen) atoms. The van der Waals surface area contributed by atoms with E-state index in [1.807, 2.05) is 31.3 Å². The fourth-order valence-electron chi connectivity index (χ4n) is 5.87. The summed E-state index contributed by atoms with van der Waals surface area (Å²) in [7, 11) is 1.86. The zero-order chi connectivity index (χ0) is 32.8. The summed E-state index contributed by atoms with van der Waals surface area (Å²) in [5, 5.41) is 45.1. The molecule has 2 atom stereocenters. The van der Waals surface area contributed by atoms with E-state index in [0.29, 0.717) is 55.3 Å². The quantitative estimate of drug-likeness (QED) is 0.180. The van der Waals surface area contributed by atoms with Crippen LogP contribution in [0.5, 0.6) is 0 Å². The molecule has 248 valence electrons. The van der Waals surface area contributed by atoms with Crippen LogP contribution in [0.15, 0.2) is 36.7 Å². The number of hydrogen-bond donors (Lipinski definition) is 4. The molecule has 4 N–H and O–H groups in total. The van der Waals surface area contributed by atoms with Crippen molar-refractivity contribution < 1.29 is 19.8 Å². The third-order valence-corrected chi connectivity index (χ3v) is 10.5. The maximum absolute atomic E-state index is 12.6. The van der Waals surface area contributed by atoms with Gasteiger partial charge in [0.05, 0.1) is 24.3 Å². The molecule has 3 aliphatic rings. The number of aromatic nitrogens is 6. The number of amides is 1. The first-order chi connectivity index (χ1) is 22.9. The molecule has 2 aliphatic heterocycles. The highest BCUT2D eigenvalue weighted by molar-refractivity contribution is 7.15. The van der Waals surface area contributed by atoms with E-state index in [0.717, 1.165) is 64.2 Å². The van der Waals surface area contributed by atoms with Gasteiger partial charge in [-0.3, -0.25) is 14.8 Å². The summed E-state index contributed by atoms with van der Waals surface area (Å²) in [5.41, 5.74) is 3.46. The van der Waals surface area contributed by atoms with Gasteiger partial charge in [-0.25, -0.2) is 0 Å². The number of hydrogen-bond acceptors (Lipinski definition) is 15. The van der Waals surface area contributed by atoms with E-state index in [1.54, 1.807) is 23.7 Å². The monoisotopic (exact) mass is 678 g/mol. The first-order valence-corrected chi connectivity index (χ1v) is 17.3. The molecule has 14 nitrogen and oxygen atoms in total. The minimum absolute atomic E-state index is 0.162. The summed E-state index contributed by atoms with van der Waals surface area (Å²) in [4.78, 5) is 35.4. The molecule has 0 bridgehead atoms. The van der Waals surface area contributed by atoms with Crippen molar-refractivity contribution in [2.45, 2.75) is 62.6 Å². The van der Waals surface area contributed by atoms with Crippen molar-refractivity contribution in [2.24, 2.45) is 0 Å². The van der Waals surface area contributed by atoms with Gasteiger partial charge < -0.3 is 35.4 Å². The van der Waals surface area contributed by atoms with Crippen molar-refractivity contribution >= 4 is 56.5 Å². The van der Waals surface area contributed by atoms with Crippen molar-refractivity contribution in [3.63, 3.8) is 0 Å². The molecule has 1 saturated carbocycles. The van der Waals surface area contributed by atoms with E-state index in [-0.39, 0.29) is 24.5 Å². The number of aliphatic hydroxyl groups excluding tert-OH is 2. The van der Waals surface area contributed by atoms with Crippen molar-refractivity contribution in [3.05, 3.63) is 58.1 Å². The predicted octanol–water partition coefficient (Wildman–Crippen LogP) is 2.63. The number of aldehydes is 1. The van der Waals surface area contributed by atoms with Crippen LogP contribution >= 0.6 is 22.7 Å². The van der Waals surface area contributed by atoms with Crippen LogP contribution in [0.25, 0.3) is 0 Å². The van der Waals surface area contributed by atoms with Gasteiger partial charge in [0.2, 0.25) is 16.2 Å². The zero-order valence-corrected chi connectivity index (χ0v) is 27.7. The molecule has 3 fully saturated rings. The van der Waals surface area contributed by atoms with Gasteiger partial charge in [-0.1, -0.05) is 29.1 Å². The summed E-state index contributed by atoms with van der Waals surface area (Å²) in [6, 6.07) is 7.57. The third kappa shape index (κ3) is 8.43. The lowest BCUT2D eigenvalue weighted by molar-refractivity contribution is -0.115. The second kappa shape index (κ2) is 15.2. The van der Waals surface area contributed by atoms with Gasteiger partial charge >= 0.3 is 0 Å². The Morgan fingerprint density at radius 3 is 1.98 bits per heavy atom. The Bertz CT molecular complexity index is 1660. The lowest BCUT2D eigenvalue weighted by Gasteiger charge is -2.37. The Kier molecular flexibility index (Phi) is 10.6. The normalized spacial score (nSPS) is 19.6. The number of carbonyl (C=O) groups is 2. The lowest BCUT2D eigenvalue weighted by atomic mass is 9.82. The predicted molar refractivity (Wildman–Crippen MR) is 180 cm³/mol. The van der Waals surface area contributed by atoms with Crippen LogP contribution in [0.3, 0.4) is 0 Å². The molecule has 0 spiro atoms. The molecular weight excluding hydrogens is 641 g/mol. The number of carbonyl (C=O) groups excluding carboxylic acids is 2. The Balaban J connectivity index is 0.000000230. The molecule has 1 aliphatic carbocycles. The van der Waals surface area contributed by atoms with Crippen molar-refractivity contribution in [2.75, 3.05) is 53.7 Å². The Morgan fingerprint density at radius 1 is 0.872 bits per heavy atom. The summed E-state index contributed by atoms with van der Waals surface area (Å²) >= 11 is 3.07. The fourth-order valence-corrected chi connectivity index (χ4v) is 7.62. The zero-order valence-electron chi connectivity index (χ0n) is 26.0. The molecule has 16 heteroatoms. The van der Waals surface area contributed by atoms with Gasteiger partial charge in [0.15, 0.2) is 0 Å². The number of anilines is 4. The Labute approximate surface area is 280 Å². The lowest BCUT2D eigenvalue weighted by Crippen LogP contribution is -2.50.